The van der Waals surface area contributed by atoms with Crippen molar-refractivity contribution >= 4 is 15.5 Å². The summed E-state index contributed by atoms with van der Waals surface area (Å²) >= 11 is 0. The molecule has 1 N–H and O–H groups in total. The SMILES string of the molecule is O=S(=O)(c1ccc(NC2CCOC2)cc1)C(F)F. The lowest BCUT2D eigenvalue weighted by atomic mass is 10.2. The minimum Gasteiger partial charge on any atom is -0.380 e. The Bertz CT molecular complexity index is 496. The van der Waals surface area contributed by atoms with Crippen molar-refractivity contribution in [3.8, 4) is 0 Å². The number of hydrogen-bond donors (Lipinski definition) is 1. The van der Waals surface area contributed by atoms with E-state index in [9.17, 15) is 17.2 Å². The average molecular weight is 277 g/mol. The molecule has 18 heavy (non-hydrogen) atoms. The van der Waals surface area contributed by atoms with E-state index in [0.29, 0.717) is 18.9 Å². The first kappa shape index (κ1) is 13.2. The molecule has 1 aromatic carbocycles. The van der Waals surface area contributed by atoms with E-state index in [4.69, 9.17) is 4.74 Å². The molecular weight excluding hydrogens is 264 g/mol. The van der Waals surface area contributed by atoms with Gasteiger partial charge in [-0.15, -0.1) is 0 Å². The van der Waals surface area contributed by atoms with E-state index in [-0.39, 0.29) is 10.9 Å². The maximum atomic E-state index is 12.3. The van der Waals surface area contributed by atoms with Crippen molar-refractivity contribution in [1.82, 2.24) is 0 Å². The molecule has 0 bridgehead atoms. The first-order valence-corrected chi connectivity index (χ1v) is 7.01. The molecule has 7 heteroatoms. The third-order valence-corrected chi connectivity index (χ3v) is 4.12. The molecule has 0 aromatic heterocycles. The molecule has 1 heterocycles. The van der Waals surface area contributed by atoms with Gasteiger partial charge in [-0.25, -0.2) is 8.42 Å². The molecule has 1 atom stereocenters. The zero-order valence-corrected chi connectivity index (χ0v) is 10.3. The summed E-state index contributed by atoms with van der Waals surface area (Å²) < 4.78 is 52.2. The van der Waals surface area contributed by atoms with E-state index in [2.05, 4.69) is 5.32 Å². The number of rotatable bonds is 4. The number of ether oxygens (including phenoxy) is 1. The molecule has 1 aliphatic heterocycles. The normalized spacial score (nSPS) is 20.3. The molecule has 1 fully saturated rings. The third-order valence-electron chi connectivity index (χ3n) is 2.72. The van der Waals surface area contributed by atoms with E-state index in [1.165, 1.54) is 24.3 Å². The van der Waals surface area contributed by atoms with Crippen LogP contribution in [0, 0.1) is 0 Å². The van der Waals surface area contributed by atoms with Gasteiger partial charge in [-0.1, -0.05) is 0 Å². The first-order valence-electron chi connectivity index (χ1n) is 5.46. The molecule has 4 nitrogen and oxygen atoms in total. The van der Waals surface area contributed by atoms with E-state index in [0.717, 1.165) is 6.42 Å². The minimum absolute atomic E-state index is 0.183. The molecule has 2 rings (SSSR count). The number of nitrogens with one attached hydrogen (secondary N) is 1. The monoisotopic (exact) mass is 277 g/mol. The van der Waals surface area contributed by atoms with Gasteiger partial charge in [0.15, 0.2) is 0 Å². The highest BCUT2D eigenvalue weighted by Gasteiger charge is 2.26. The fourth-order valence-corrected chi connectivity index (χ4v) is 2.45. The van der Waals surface area contributed by atoms with Gasteiger partial charge in [-0.2, -0.15) is 8.78 Å². The van der Waals surface area contributed by atoms with Crippen molar-refractivity contribution in [1.29, 1.82) is 0 Å². The third kappa shape index (κ3) is 2.78. The zero-order chi connectivity index (χ0) is 13.2. The second kappa shape index (κ2) is 5.19. The van der Waals surface area contributed by atoms with Crippen molar-refractivity contribution in [2.24, 2.45) is 0 Å². The van der Waals surface area contributed by atoms with Gasteiger partial charge in [0.05, 0.1) is 17.5 Å². The van der Waals surface area contributed by atoms with E-state index in [1.807, 2.05) is 0 Å². The van der Waals surface area contributed by atoms with Crippen LogP contribution in [-0.4, -0.2) is 33.4 Å². The van der Waals surface area contributed by atoms with Gasteiger partial charge in [-0.05, 0) is 30.7 Å². The van der Waals surface area contributed by atoms with Crippen molar-refractivity contribution in [2.45, 2.75) is 23.1 Å². The second-order valence-corrected chi connectivity index (χ2v) is 5.95. The largest absolute Gasteiger partial charge is 0.380 e. The molecule has 0 saturated carbocycles. The zero-order valence-electron chi connectivity index (χ0n) is 9.47. The number of hydrogen-bond acceptors (Lipinski definition) is 4. The van der Waals surface area contributed by atoms with Crippen molar-refractivity contribution in [3.05, 3.63) is 24.3 Å². The van der Waals surface area contributed by atoms with Gasteiger partial charge in [0, 0.05) is 12.3 Å². The van der Waals surface area contributed by atoms with Gasteiger partial charge >= 0.3 is 5.76 Å². The molecule has 1 unspecified atom stereocenters. The van der Waals surface area contributed by atoms with Crippen LogP contribution in [0.4, 0.5) is 14.5 Å². The van der Waals surface area contributed by atoms with E-state index >= 15 is 0 Å². The highest BCUT2D eigenvalue weighted by molar-refractivity contribution is 7.91. The highest BCUT2D eigenvalue weighted by Crippen LogP contribution is 2.21. The average Bonchev–Trinajstić information content (AvgIpc) is 2.82. The number of sulfone groups is 1. The van der Waals surface area contributed by atoms with Crippen molar-refractivity contribution < 1.29 is 21.9 Å². The minimum atomic E-state index is -4.51. The van der Waals surface area contributed by atoms with Crippen LogP contribution in [0.1, 0.15) is 6.42 Å². The van der Waals surface area contributed by atoms with Crippen LogP contribution >= 0.6 is 0 Å². The summed E-state index contributed by atoms with van der Waals surface area (Å²) in [5, 5.41) is 3.14. The Hall–Kier alpha value is -1.21. The fraction of sp³-hybridized carbons (Fsp3) is 0.455. The van der Waals surface area contributed by atoms with Crippen molar-refractivity contribution in [3.63, 3.8) is 0 Å². The van der Waals surface area contributed by atoms with Gasteiger partial charge in [0.1, 0.15) is 0 Å². The maximum Gasteiger partial charge on any atom is 0.341 e. The van der Waals surface area contributed by atoms with Gasteiger partial charge in [0.25, 0.3) is 0 Å². The van der Waals surface area contributed by atoms with Crippen LogP contribution < -0.4 is 5.32 Å². The Morgan fingerprint density at radius 3 is 2.44 bits per heavy atom. The first-order chi connectivity index (χ1) is 8.50. The number of halogens is 2. The van der Waals surface area contributed by atoms with Gasteiger partial charge < -0.3 is 10.1 Å². The van der Waals surface area contributed by atoms with Crippen LogP contribution in [0.5, 0.6) is 0 Å². The molecule has 100 valence electrons. The summed E-state index contributed by atoms with van der Waals surface area (Å²) in [6.45, 7) is 1.28. The number of alkyl halides is 2. The second-order valence-electron chi connectivity index (χ2n) is 4.03. The Morgan fingerprint density at radius 1 is 1.28 bits per heavy atom. The Balaban J connectivity index is 2.10. The fourth-order valence-electron chi connectivity index (χ4n) is 1.73. The summed E-state index contributed by atoms with van der Waals surface area (Å²) in [6.07, 6.45) is 0.872. The standard InChI is InChI=1S/C11H13F2NO3S/c12-11(13)18(15,16)10-3-1-8(2-4-10)14-9-5-6-17-7-9/h1-4,9,11,14H,5-7H2. The molecule has 1 saturated heterocycles. The number of anilines is 1. The highest BCUT2D eigenvalue weighted by atomic mass is 32.2. The summed E-state index contributed by atoms with van der Waals surface area (Å²) in [7, 11) is -4.51. The van der Waals surface area contributed by atoms with Crippen LogP contribution in [0.25, 0.3) is 0 Å². The Kier molecular flexibility index (Phi) is 3.82. The molecule has 0 radical (unpaired) electrons. The van der Waals surface area contributed by atoms with Crippen LogP contribution in [0.15, 0.2) is 29.2 Å². The summed E-state index contributed by atoms with van der Waals surface area (Å²) in [5.41, 5.74) is 0.693. The predicted molar refractivity (Wildman–Crippen MR) is 62.5 cm³/mol. The molecule has 0 aliphatic carbocycles. The lowest BCUT2D eigenvalue weighted by Gasteiger charge is -2.12. The molecular formula is C11H13F2NO3S. The topological polar surface area (TPSA) is 55.4 Å². The Labute approximate surface area is 104 Å². The summed E-state index contributed by atoms with van der Waals surface area (Å²) in [4.78, 5) is -0.370. The maximum absolute atomic E-state index is 12.3. The van der Waals surface area contributed by atoms with Gasteiger partial charge in [-0.3, -0.25) is 0 Å². The number of benzene rings is 1. The lowest BCUT2D eigenvalue weighted by Crippen LogP contribution is -2.19. The predicted octanol–water partition coefficient (Wildman–Crippen LogP) is 1.88. The smallest absolute Gasteiger partial charge is 0.341 e. The van der Waals surface area contributed by atoms with E-state index < -0.39 is 15.6 Å². The van der Waals surface area contributed by atoms with Crippen molar-refractivity contribution in [2.75, 3.05) is 18.5 Å². The van der Waals surface area contributed by atoms with Crippen LogP contribution in [0.2, 0.25) is 0 Å². The molecule has 0 spiro atoms. The quantitative estimate of drug-likeness (QED) is 0.913. The molecule has 1 aromatic rings. The van der Waals surface area contributed by atoms with Crippen LogP contribution in [0.3, 0.4) is 0 Å². The molecule has 0 amide bonds. The van der Waals surface area contributed by atoms with Crippen LogP contribution in [-0.2, 0) is 14.6 Å². The summed E-state index contributed by atoms with van der Waals surface area (Å²) in [6, 6.07) is 5.50. The van der Waals surface area contributed by atoms with E-state index in [1.54, 1.807) is 0 Å². The van der Waals surface area contributed by atoms with Gasteiger partial charge in [0.2, 0.25) is 9.84 Å². The lowest BCUT2D eigenvalue weighted by molar-refractivity contribution is 0.195. The molecule has 1 aliphatic rings. The Morgan fingerprint density at radius 2 is 1.94 bits per heavy atom. The summed E-state index contributed by atoms with van der Waals surface area (Å²) in [5.74, 6) is -3.39.